The highest BCUT2D eigenvalue weighted by Gasteiger charge is 2.16. The summed E-state index contributed by atoms with van der Waals surface area (Å²) in [7, 11) is 0. The van der Waals surface area contributed by atoms with E-state index in [4.69, 9.17) is 16.3 Å². The van der Waals surface area contributed by atoms with Gasteiger partial charge in [0.15, 0.2) is 0 Å². The highest BCUT2D eigenvalue weighted by atomic mass is 35.5. The lowest BCUT2D eigenvalue weighted by Gasteiger charge is -2.23. The standard InChI is InChI=1S/C12H15ClN2O3/c13-8-1-2-10(11(16)5-8)12(17)15-6-9-7-18-4-3-14-9/h1-2,5,9,14,16H,3-4,6-7H2,(H,15,17). The second-order valence-corrected chi connectivity index (χ2v) is 4.53. The molecule has 1 heterocycles. The Morgan fingerprint density at radius 2 is 2.44 bits per heavy atom. The molecule has 2 rings (SSSR count). The Morgan fingerprint density at radius 3 is 3.11 bits per heavy atom. The number of carbonyl (C=O) groups excluding carboxylic acids is 1. The molecule has 1 saturated heterocycles. The monoisotopic (exact) mass is 270 g/mol. The molecular formula is C12H15ClN2O3. The zero-order valence-corrected chi connectivity index (χ0v) is 10.5. The maximum Gasteiger partial charge on any atom is 0.255 e. The molecule has 5 nitrogen and oxygen atoms in total. The van der Waals surface area contributed by atoms with E-state index in [1.807, 2.05) is 0 Å². The van der Waals surface area contributed by atoms with E-state index >= 15 is 0 Å². The lowest BCUT2D eigenvalue weighted by molar-refractivity contribution is 0.0734. The molecule has 0 bridgehead atoms. The van der Waals surface area contributed by atoms with Gasteiger partial charge in [-0.3, -0.25) is 4.79 Å². The zero-order valence-electron chi connectivity index (χ0n) is 9.78. The number of phenolic OH excluding ortho intramolecular Hbond substituents is 1. The first-order chi connectivity index (χ1) is 8.66. The van der Waals surface area contributed by atoms with E-state index in [0.717, 1.165) is 6.54 Å². The SMILES string of the molecule is O=C(NCC1COCCN1)c1ccc(Cl)cc1O. The van der Waals surface area contributed by atoms with Crippen molar-refractivity contribution in [3.8, 4) is 5.75 Å². The topological polar surface area (TPSA) is 70.6 Å². The predicted octanol–water partition coefficient (Wildman–Crippen LogP) is 0.764. The summed E-state index contributed by atoms with van der Waals surface area (Å²) < 4.78 is 5.28. The Balaban J connectivity index is 1.90. The van der Waals surface area contributed by atoms with Crippen molar-refractivity contribution in [1.29, 1.82) is 0 Å². The van der Waals surface area contributed by atoms with Gasteiger partial charge in [0.1, 0.15) is 5.75 Å². The number of phenols is 1. The van der Waals surface area contributed by atoms with Gasteiger partial charge in [-0.25, -0.2) is 0 Å². The van der Waals surface area contributed by atoms with Gasteiger partial charge in [-0.2, -0.15) is 0 Å². The van der Waals surface area contributed by atoms with Crippen LogP contribution in [0.3, 0.4) is 0 Å². The van der Waals surface area contributed by atoms with Gasteiger partial charge in [-0.05, 0) is 18.2 Å². The van der Waals surface area contributed by atoms with Gasteiger partial charge in [0.25, 0.3) is 5.91 Å². The van der Waals surface area contributed by atoms with Crippen LogP contribution in [0.5, 0.6) is 5.75 Å². The molecule has 1 unspecified atom stereocenters. The van der Waals surface area contributed by atoms with Gasteiger partial charge in [0, 0.05) is 24.2 Å². The molecule has 0 aliphatic carbocycles. The van der Waals surface area contributed by atoms with Gasteiger partial charge in [0.2, 0.25) is 0 Å². The van der Waals surface area contributed by atoms with Crippen LogP contribution in [0.1, 0.15) is 10.4 Å². The normalized spacial score (nSPS) is 19.5. The fraction of sp³-hybridized carbons (Fsp3) is 0.417. The number of morpholine rings is 1. The molecule has 0 saturated carbocycles. The largest absolute Gasteiger partial charge is 0.507 e. The summed E-state index contributed by atoms with van der Waals surface area (Å²) in [5, 5.41) is 16.0. The molecule has 1 amide bonds. The summed E-state index contributed by atoms with van der Waals surface area (Å²) in [5.41, 5.74) is 0.219. The van der Waals surface area contributed by atoms with E-state index in [1.54, 1.807) is 6.07 Å². The van der Waals surface area contributed by atoms with Gasteiger partial charge < -0.3 is 20.5 Å². The number of ether oxygens (including phenoxy) is 1. The van der Waals surface area contributed by atoms with Crippen LogP contribution in [0.15, 0.2) is 18.2 Å². The summed E-state index contributed by atoms with van der Waals surface area (Å²) in [4.78, 5) is 11.8. The highest BCUT2D eigenvalue weighted by molar-refractivity contribution is 6.30. The summed E-state index contributed by atoms with van der Waals surface area (Å²) >= 11 is 5.70. The van der Waals surface area contributed by atoms with Gasteiger partial charge in [-0.15, -0.1) is 0 Å². The van der Waals surface area contributed by atoms with Crippen LogP contribution in [0.25, 0.3) is 0 Å². The molecule has 1 aromatic carbocycles. The fourth-order valence-corrected chi connectivity index (χ4v) is 1.93. The van der Waals surface area contributed by atoms with Crippen molar-refractivity contribution in [1.82, 2.24) is 10.6 Å². The molecule has 18 heavy (non-hydrogen) atoms. The summed E-state index contributed by atoms with van der Waals surface area (Å²) in [6, 6.07) is 4.52. The van der Waals surface area contributed by atoms with Crippen LogP contribution in [-0.2, 0) is 4.74 Å². The van der Waals surface area contributed by atoms with Gasteiger partial charge >= 0.3 is 0 Å². The minimum absolute atomic E-state index is 0.108. The number of aromatic hydroxyl groups is 1. The molecule has 98 valence electrons. The number of carbonyl (C=O) groups is 1. The predicted molar refractivity (Wildman–Crippen MR) is 68.1 cm³/mol. The minimum Gasteiger partial charge on any atom is -0.507 e. The van der Waals surface area contributed by atoms with Crippen LogP contribution in [0, 0.1) is 0 Å². The van der Waals surface area contributed by atoms with Crippen LogP contribution < -0.4 is 10.6 Å². The van der Waals surface area contributed by atoms with E-state index in [2.05, 4.69) is 10.6 Å². The van der Waals surface area contributed by atoms with Crippen molar-refractivity contribution in [2.75, 3.05) is 26.3 Å². The summed E-state index contributed by atoms with van der Waals surface area (Å²) in [6.07, 6.45) is 0. The first-order valence-corrected chi connectivity index (χ1v) is 6.12. The third kappa shape index (κ3) is 3.35. The Hall–Kier alpha value is -1.30. The number of nitrogens with one attached hydrogen (secondary N) is 2. The average Bonchev–Trinajstić information content (AvgIpc) is 2.37. The van der Waals surface area contributed by atoms with Crippen molar-refractivity contribution >= 4 is 17.5 Å². The Bertz CT molecular complexity index is 433. The second kappa shape index (κ2) is 6.04. The maximum atomic E-state index is 11.8. The second-order valence-electron chi connectivity index (χ2n) is 4.10. The Labute approximate surface area is 110 Å². The summed E-state index contributed by atoms with van der Waals surface area (Å²) in [5.74, 6) is -0.440. The van der Waals surface area contributed by atoms with Crippen molar-refractivity contribution in [3.05, 3.63) is 28.8 Å². The first-order valence-electron chi connectivity index (χ1n) is 5.74. The van der Waals surface area contributed by atoms with Gasteiger partial charge in [0.05, 0.1) is 18.8 Å². The quantitative estimate of drug-likeness (QED) is 0.759. The molecule has 1 atom stereocenters. The number of hydrogen-bond acceptors (Lipinski definition) is 4. The van der Waals surface area contributed by atoms with Crippen molar-refractivity contribution in [3.63, 3.8) is 0 Å². The third-order valence-corrected chi connectivity index (χ3v) is 2.95. The highest BCUT2D eigenvalue weighted by Crippen LogP contribution is 2.21. The smallest absolute Gasteiger partial charge is 0.255 e. The summed E-state index contributed by atoms with van der Waals surface area (Å²) in [6.45, 7) is 2.52. The van der Waals surface area contributed by atoms with Crippen molar-refractivity contribution in [2.45, 2.75) is 6.04 Å². The van der Waals surface area contributed by atoms with Crippen LogP contribution in [0.4, 0.5) is 0 Å². The molecule has 6 heteroatoms. The van der Waals surface area contributed by atoms with E-state index in [9.17, 15) is 9.90 Å². The molecule has 0 spiro atoms. The molecule has 0 aromatic heterocycles. The molecular weight excluding hydrogens is 256 g/mol. The number of rotatable bonds is 3. The van der Waals surface area contributed by atoms with Crippen molar-refractivity contribution < 1.29 is 14.6 Å². The maximum absolute atomic E-state index is 11.8. The number of amides is 1. The number of hydrogen-bond donors (Lipinski definition) is 3. The van der Waals surface area contributed by atoms with E-state index in [-0.39, 0.29) is 23.3 Å². The first kappa shape index (κ1) is 13.1. The average molecular weight is 271 g/mol. The Kier molecular flexibility index (Phi) is 4.41. The van der Waals surface area contributed by atoms with Crippen molar-refractivity contribution in [2.24, 2.45) is 0 Å². The van der Waals surface area contributed by atoms with Gasteiger partial charge in [-0.1, -0.05) is 11.6 Å². The fourth-order valence-electron chi connectivity index (χ4n) is 1.76. The van der Waals surface area contributed by atoms with E-state index in [1.165, 1.54) is 12.1 Å². The molecule has 3 N–H and O–H groups in total. The van der Waals surface area contributed by atoms with Crippen LogP contribution >= 0.6 is 11.6 Å². The molecule has 1 fully saturated rings. The molecule has 1 aliphatic rings. The molecule has 0 radical (unpaired) electrons. The lowest BCUT2D eigenvalue weighted by Crippen LogP contribution is -2.48. The zero-order chi connectivity index (χ0) is 13.0. The van der Waals surface area contributed by atoms with Crippen LogP contribution in [0.2, 0.25) is 5.02 Å². The molecule has 1 aliphatic heterocycles. The Morgan fingerprint density at radius 1 is 1.61 bits per heavy atom. The van der Waals surface area contributed by atoms with E-state index < -0.39 is 0 Å². The number of benzene rings is 1. The number of halogens is 1. The third-order valence-electron chi connectivity index (χ3n) is 2.71. The molecule has 1 aromatic rings. The minimum atomic E-state index is -0.323. The lowest BCUT2D eigenvalue weighted by atomic mass is 10.2. The van der Waals surface area contributed by atoms with E-state index in [0.29, 0.717) is 24.8 Å². The van der Waals surface area contributed by atoms with Crippen LogP contribution in [-0.4, -0.2) is 43.4 Å².